The van der Waals surface area contributed by atoms with E-state index >= 15 is 0 Å². The summed E-state index contributed by atoms with van der Waals surface area (Å²) in [5.41, 5.74) is 1.90. The Bertz CT molecular complexity index is 1210. The summed E-state index contributed by atoms with van der Waals surface area (Å²) in [6.07, 6.45) is 2.93. The van der Waals surface area contributed by atoms with Crippen LogP contribution in [0.2, 0.25) is 0 Å². The van der Waals surface area contributed by atoms with E-state index in [1.807, 2.05) is 0 Å². The first-order valence-corrected chi connectivity index (χ1v) is 11.1. The molecule has 3 aromatic rings. The Morgan fingerprint density at radius 1 is 0.633 bits per heavy atom. The maximum atomic E-state index is 10.9. The van der Waals surface area contributed by atoms with Crippen LogP contribution in [0.25, 0.3) is 0 Å². The van der Waals surface area contributed by atoms with E-state index in [4.69, 9.17) is 0 Å². The Morgan fingerprint density at radius 3 is 1.33 bits per heavy atom. The van der Waals surface area contributed by atoms with Gasteiger partial charge in [0.2, 0.25) is 0 Å². The van der Waals surface area contributed by atoms with E-state index in [0.717, 1.165) is 0 Å². The molecule has 0 aliphatic carbocycles. The van der Waals surface area contributed by atoms with Crippen LogP contribution in [0, 0.1) is 0 Å². The predicted molar refractivity (Wildman–Crippen MR) is 108 cm³/mol. The SMILES string of the molecule is O=S(=O)([O-])c1ccc(N=Cc2cccc(C=Nc3ccc(S(=O)(=O)[O-])cc3)n2)cc1. The smallest absolute Gasteiger partial charge is 0.124 e. The summed E-state index contributed by atoms with van der Waals surface area (Å²) in [6.45, 7) is 0. The van der Waals surface area contributed by atoms with Gasteiger partial charge in [-0.1, -0.05) is 6.07 Å². The summed E-state index contributed by atoms with van der Waals surface area (Å²) in [6, 6.07) is 15.4. The summed E-state index contributed by atoms with van der Waals surface area (Å²) in [5.74, 6) is 0. The van der Waals surface area contributed by atoms with E-state index in [0.29, 0.717) is 22.8 Å². The van der Waals surface area contributed by atoms with Crippen LogP contribution in [0.3, 0.4) is 0 Å². The predicted octanol–water partition coefficient (Wildman–Crippen LogP) is 2.39. The first-order valence-electron chi connectivity index (χ1n) is 8.28. The molecule has 3 rings (SSSR count). The molecule has 0 spiro atoms. The lowest BCUT2D eigenvalue weighted by Gasteiger charge is -2.06. The molecule has 9 nitrogen and oxygen atoms in total. The van der Waals surface area contributed by atoms with Crippen molar-refractivity contribution in [1.29, 1.82) is 0 Å². The number of rotatable bonds is 6. The highest BCUT2D eigenvalue weighted by molar-refractivity contribution is 7.86. The van der Waals surface area contributed by atoms with Gasteiger partial charge in [-0.05, 0) is 60.7 Å². The van der Waals surface area contributed by atoms with Crippen LogP contribution < -0.4 is 0 Å². The van der Waals surface area contributed by atoms with E-state index in [2.05, 4.69) is 15.0 Å². The fraction of sp³-hybridized carbons (Fsp3) is 0. The van der Waals surface area contributed by atoms with Crippen molar-refractivity contribution in [3.05, 3.63) is 78.1 Å². The van der Waals surface area contributed by atoms with E-state index in [-0.39, 0.29) is 9.79 Å². The Balaban J connectivity index is 1.73. The van der Waals surface area contributed by atoms with Crippen molar-refractivity contribution in [3.63, 3.8) is 0 Å². The highest BCUT2D eigenvalue weighted by Gasteiger charge is 2.01. The van der Waals surface area contributed by atoms with Gasteiger partial charge in [-0.25, -0.2) is 21.8 Å². The summed E-state index contributed by atoms with van der Waals surface area (Å²) in [5, 5.41) is 0. The highest BCUT2D eigenvalue weighted by atomic mass is 32.2. The third kappa shape index (κ3) is 5.87. The number of benzene rings is 2. The molecule has 154 valence electrons. The number of aliphatic imine (C=N–C) groups is 2. The monoisotopic (exact) mass is 443 g/mol. The van der Waals surface area contributed by atoms with Crippen molar-refractivity contribution in [2.75, 3.05) is 0 Å². The van der Waals surface area contributed by atoms with Gasteiger partial charge in [-0.15, -0.1) is 0 Å². The molecule has 0 saturated heterocycles. The van der Waals surface area contributed by atoms with Crippen molar-refractivity contribution >= 4 is 44.0 Å². The minimum atomic E-state index is -4.51. The van der Waals surface area contributed by atoms with Crippen molar-refractivity contribution in [2.24, 2.45) is 9.98 Å². The molecular weight excluding hydrogens is 430 g/mol. The number of aromatic nitrogens is 1. The quantitative estimate of drug-likeness (QED) is 0.419. The summed E-state index contributed by atoms with van der Waals surface area (Å²) in [4.78, 5) is 12.0. The van der Waals surface area contributed by atoms with Gasteiger partial charge in [0.05, 0.1) is 45.0 Å². The minimum Gasteiger partial charge on any atom is -0.744 e. The largest absolute Gasteiger partial charge is 0.744 e. The number of pyridine rings is 1. The third-order valence-electron chi connectivity index (χ3n) is 3.73. The molecule has 0 unspecified atom stereocenters. The van der Waals surface area contributed by atoms with E-state index < -0.39 is 20.2 Å². The molecule has 0 atom stereocenters. The van der Waals surface area contributed by atoms with E-state index in [1.54, 1.807) is 18.2 Å². The number of hydrogen-bond acceptors (Lipinski definition) is 9. The van der Waals surface area contributed by atoms with Gasteiger partial charge in [-0.3, -0.25) is 9.98 Å². The zero-order chi connectivity index (χ0) is 21.8. The second kappa shape index (κ2) is 8.63. The van der Waals surface area contributed by atoms with Crippen molar-refractivity contribution in [3.8, 4) is 0 Å². The van der Waals surface area contributed by atoms with Gasteiger partial charge in [0, 0.05) is 0 Å². The highest BCUT2D eigenvalue weighted by Crippen LogP contribution is 2.17. The third-order valence-corrected chi connectivity index (χ3v) is 5.43. The fourth-order valence-electron chi connectivity index (χ4n) is 2.29. The second-order valence-corrected chi connectivity index (χ2v) is 8.66. The van der Waals surface area contributed by atoms with Crippen LogP contribution in [0.1, 0.15) is 11.4 Å². The maximum Gasteiger partial charge on any atom is 0.124 e. The topological polar surface area (TPSA) is 152 Å². The standard InChI is InChI=1S/C19H15N3O6S2/c23-29(24,25)18-8-4-14(5-9-18)20-12-16-2-1-3-17(22-16)13-21-15-6-10-19(11-7-15)30(26,27)28/h1-13H,(H,23,24,25)(H,26,27,28)/p-2. The molecule has 0 aliphatic rings. The minimum absolute atomic E-state index is 0.335. The normalized spacial score (nSPS) is 12.6. The maximum absolute atomic E-state index is 10.9. The summed E-state index contributed by atoms with van der Waals surface area (Å²) < 4.78 is 65.6. The molecule has 0 saturated carbocycles. The Labute approximate surface area is 173 Å². The molecule has 11 heteroatoms. The molecule has 0 bridgehead atoms. The first kappa shape index (κ1) is 21.5. The van der Waals surface area contributed by atoms with Crippen LogP contribution in [0.4, 0.5) is 11.4 Å². The zero-order valence-corrected chi connectivity index (χ0v) is 16.7. The van der Waals surface area contributed by atoms with Crippen molar-refractivity contribution in [1.82, 2.24) is 4.98 Å². The van der Waals surface area contributed by atoms with Gasteiger partial charge in [-0.2, -0.15) is 0 Å². The molecule has 0 amide bonds. The van der Waals surface area contributed by atoms with E-state index in [1.165, 1.54) is 61.0 Å². The zero-order valence-electron chi connectivity index (χ0n) is 15.1. The lowest BCUT2D eigenvalue weighted by Crippen LogP contribution is -1.97. The molecule has 2 aromatic carbocycles. The van der Waals surface area contributed by atoms with Crippen molar-refractivity contribution in [2.45, 2.75) is 9.79 Å². The first-order chi connectivity index (χ1) is 14.1. The average Bonchev–Trinajstić information content (AvgIpc) is 2.70. The Hall–Kier alpha value is -3.25. The lowest BCUT2D eigenvalue weighted by atomic mass is 10.3. The van der Waals surface area contributed by atoms with Gasteiger partial charge in [0.1, 0.15) is 20.2 Å². The molecule has 1 heterocycles. The molecule has 30 heavy (non-hydrogen) atoms. The summed E-state index contributed by atoms with van der Waals surface area (Å²) in [7, 11) is -9.01. The molecule has 0 radical (unpaired) electrons. The molecule has 0 N–H and O–H groups in total. The summed E-state index contributed by atoms with van der Waals surface area (Å²) >= 11 is 0. The van der Waals surface area contributed by atoms with Gasteiger partial charge in [0.15, 0.2) is 0 Å². The van der Waals surface area contributed by atoms with Crippen molar-refractivity contribution < 1.29 is 25.9 Å². The van der Waals surface area contributed by atoms with Crippen LogP contribution in [-0.2, 0) is 20.2 Å². The van der Waals surface area contributed by atoms with Gasteiger partial charge >= 0.3 is 0 Å². The van der Waals surface area contributed by atoms with E-state index in [9.17, 15) is 25.9 Å². The van der Waals surface area contributed by atoms with Gasteiger partial charge < -0.3 is 9.11 Å². The van der Waals surface area contributed by atoms with Gasteiger partial charge in [0.25, 0.3) is 0 Å². The van der Waals surface area contributed by atoms with Crippen LogP contribution in [-0.4, -0.2) is 43.4 Å². The molecule has 1 aromatic heterocycles. The Kier molecular flexibility index (Phi) is 6.17. The molecular formula is C19H13N3O6S2-2. The average molecular weight is 443 g/mol. The van der Waals surface area contributed by atoms with Crippen LogP contribution >= 0.6 is 0 Å². The molecule has 0 aliphatic heterocycles. The fourth-order valence-corrected chi connectivity index (χ4v) is 3.23. The van der Waals surface area contributed by atoms with Crippen LogP contribution in [0.5, 0.6) is 0 Å². The second-order valence-electron chi connectivity index (χ2n) is 5.90. The number of nitrogens with zero attached hydrogens (tertiary/aromatic N) is 3. The molecule has 0 fully saturated rings. The lowest BCUT2D eigenvalue weighted by molar-refractivity contribution is 0.461. The van der Waals surface area contributed by atoms with Crippen LogP contribution in [0.15, 0.2) is 86.5 Å². The number of hydrogen-bond donors (Lipinski definition) is 0. The Morgan fingerprint density at radius 2 is 1.00 bits per heavy atom.